The molecule has 120 valence electrons. The molecule has 24 heavy (non-hydrogen) atoms. The number of fused-ring (bicyclic) bond motifs is 3. The van der Waals surface area contributed by atoms with Crippen LogP contribution in [0, 0.1) is 0 Å². The van der Waals surface area contributed by atoms with Gasteiger partial charge in [-0.2, -0.15) is 13.2 Å². The summed E-state index contributed by atoms with van der Waals surface area (Å²) in [5, 5.41) is 2.49. The maximum atomic E-state index is 12.7. The van der Waals surface area contributed by atoms with Crippen molar-refractivity contribution in [3.8, 4) is 11.3 Å². The first-order chi connectivity index (χ1) is 11.4. The molecule has 0 aliphatic rings. The molecular weight excluding hydrogens is 323 g/mol. The van der Waals surface area contributed by atoms with Crippen LogP contribution in [-0.2, 0) is 6.18 Å². The van der Waals surface area contributed by atoms with E-state index in [4.69, 9.17) is 4.52 Å². The van der Waals surface area contributed by atoms with Crippen molar-refractivity contribution in [2.75, 3.05) is 0 Å². The summed E-state index contributed by atoms with van der Waals surface area (Å²) in [6.45, 7) is 0. The van der Waals surface area contributed by atoms with E-state index in [0.717, 1.165) is 12.1 Å². The van der Waals surface area contributed by atoms with Crippen LogP contribution in [0.3, 0.4) is 0 Å². The van der Waals surface area contributed by atoms with E-state index in [1.54, 1.807) is 24.3 Å². The molecule has 4 aromatic rings. The van der Waals surface area contributed by atoms with Crippen LogP contribution < -0.4 is 10.1 Å². The topological polar surface area (TPSA) is 63.0 Å². The lowest BCUT2D eigenvalue weighted by Crippen LogP contribution is -2.27. The molecule has 0 saturated carbocycles. The number of nitrogens with one attached hydrogen (secondary N) is 1. The van der Waals surface area contributed by atoms with Gasteiger partial charge in [0.25, 0.3) is 5.52 Å². The largest absolute Gasteiger partial charge is 0.437 e. The number of aromatic amines is 1. The van der Waals surface area contributed by atoms with Crippen LogP contribution >= 0.6 is 0 Å². The van der Waals surface area contributed by atoms with Gasteiger partial charge in [0.05, 0.1) is 5.56 Å². The minimum Gasteiger partial charge on any atom is -0.282 e. The van der Waals surface area contributed by atoms with E-state index in [1.807, 2.05) is 0 Å². The summed E-state index contributed by atoms with van der Waals surface area (Å²) in [6, 6.07) is 11.5. The number of hydrogen-bond acceptors (Lipinski definition) is 3. The van der Waals surface area contributed by atoms with Crippen LogP contribution in [0.4, 0.5) is 13.2 Å². The predicted octanol–water partition coefficient (Wildman–Crippen LogP) is 2.94. The van der Waals surface area contributed by atoms with Gasteiger partial charge in [-0.1, -0.05) is 24.3 Å². The fourth-order valence-corrected chi connectivity index (χ4v) is 2.58. The van der Waals surface area contributed by atoms with E-state index in [2.05, 4.69) is 10.3 Å². The number of rotatable bonds is 1. The van der Waals surface area contributed by atoms with Gasteiger partial charge in [-0.15, -0.1) is 0 Å². The summed E-state index contributed by atoms with van der Waals surface area (Å²) in [4.78, 5) is 16.4. The Morgan fingerprint density at radius 3 is 2.46 bits per heavy atom. The van der Waals surface area contributed by atoms with Gasteiger partial charge in [0.15, 0.2) is 5.69 Å². The number of halogens is 3. The van der Waals surface area contributed by atoms with E-state index < -0.39 is 17.4 Å². The minimum atomic E-state index is -4.42. The number of H-pyrrole nitrogens is 1. The van der Waals surface area contributed by atoms with Gasteiger partial charge in [0.1, 0.15) is 5.52 Å². The number of para-hydroxylation sites is 2. The van der Waals surface area contributed by atoms with Crippen molar-refractivity contribution in [1.82, 2.24) is 10.3 Å². The fourth-order valence-electron chi connectivity index (χ4n) is 2.58. The highest BCUT2D eigenvalue weighted by Crippen LogP contribution is 2.31. The molecular formula is C16H9F3N3O2+. The Hall–Kier alpha value is -3.16. The average Bonchev–Trinajstić information content (AvgIpc) is 2.96. The Morgan fingerprint density at radius 1 is 1.04 bits per heavy atom. The van der Waals surface area contributed by atoms with Gasteiger partial charge >= 0.3 is 17.3 Å². The highest BCUT2D eigenvalue weighted by Gasteiger charge is 2.31. The molecule has 0 atom stereocenters. The SMILES string of the molecule is O=c1o[nH][n+]2c1c(-c1ccc(C(F)(F)F)cc1)nc1ccccc12. The number of alkyl halides is 3. The third kappa shape index (κ3) is 2.15. The van der Waals surface area contributed by atoms with Gasteiger partial charge in [0, 0.05) is 11.6 Å². The molecule has 2 aromatic carbocycles. The Kier molecular flexibility index (Phi) is 2.96. The molecule has 0 amide bonds. The lowest BCUT2D eigenvalue weighted by molar-refractivity contribution is -0.568. The van der Waals surface area contributed by atoms with Gasteiger partial charge in [-0.25, -0.2) is 9.78 Å². The van der Waals surface area contributed by atoms with E-state index in [-0.39, 0.29) is 11.2 Å². The lowest BCUT2D eigenvalue weighted by Gasteiger charge is -2.07. The van der Waals surface area contributed by atoms with Crippen molar-refractivity contribution < 1.29 is 22.2 Å². The fraction of sp³-hybridized carbons (Fsp3) is 0.0625. The average molecular weight is 332 g/mol. The second-order valence-corrected chi connectivity index (χ2v) is 5.19. The molecule has 2 aromatic heterocycles. The van der Waals surface area contributed by atoms with Crippen molar-refractivity contribution in [3.63, 3.8) is 0 Å². The molecule has 5 nitrogen and oxygen atoms in total. The van der Waals surface area contributed by atoms with E-state index in [1.165, 1.54) is 16.6 Å². The van der Waals surface area contributed by atoms with Crippen LogP contribution in [0.1, 0.15) is 5.56 Å². The second kappa shape index (κ2) is 4.92. The summed E-state index contributed by atoms with van der Waals surface area (Å²) in [7, 11) is 0. The molecule has 0 radical (unpaired) electrons. The molecule has 2 heterocycles. The quantitative estimate of drug-likeness (QED) is 0.545. The van der Waals surface area contributed by atoms with Gasteiger partial charge < -0.3 is 0 Å². The number of nitrogens with zero attached hydrogens (tertiary/aromatic N) is 2. The van der Waals surface area contributed by atoms with Gasteiger partial charge in [-0.3, -0.25) is 4.52 Å². The molecule has 0 unspecified atom stereocenters. The molecule has 8 heteroatoms. The molecule has 0 spiro atoms. The van der Waals surface area contributed by atoms with Gasteiger partial charge in [-0.05, 0) is 28.0 Å². The van der Waals surface area contributed by atoms with Crippen molar-refractivity contribution in [3.05, 3.63) is 64.5 Å². The first-order valence-electron chi connectivity index (χ1n) is 6.95. The maximum absolute atomic E-state index is 12.7. The Balaban J connectivity index is 2.01. The van der Waals surface area contributed by atoms with E-state index in [0.29, 0.717) is 16.6 Å². The van der Waals surface area contributed by atoms with Crippen molar-refractivity contribution in [2.24, 2.45) is 0 Å². The summed E-state index contributed by atoms with van der Waals surface area (Å²) >= 11 is 0. The lowest BCUT2D eigenvalue weighted by atomic mass is 10.1. The van der Waals surface area contributed by atoms with Crippen molar-refractivity contribution in [1.29, 1.82) is 0 Å². The molecule has 0 aliphatic heterocycles. The van der Waals surface area contributed by atoms with E-state index >= 15 is 0 Å². The molecule has 0 fully saturated rings. The number of aromatic nitrogens is 3. The standard InChI is InChI=1S/C16H8F3N3O2/c17-16(18,19)10-7-5-9(6-8-10)13-14-15(23)24-21-22(14)12-4-2-1-3-11(12)20-13/h1-8H/p+1. The van der Waals surface area contributed by atoms with Gasteiger partial charge in [0.2, 0.25) is 0 Å². The zero-order valence-electron chi connectivity index (χ0n) is 12.0. The highest BCUT2D eigenvalue weighted by molar-refractivity contribution is 5.81. The van der Waals surface area contributed by atoms with Crippen LogP contribution in [0.15, 0.2) is 57.8 Å². The smallest absolute Gasteiger partial charge is 0.282 e. The highest BCUT2D eigenvalue weighted by atomic mass is 19.4. The monoisotopic (exact) mass is 332 g/mol. The number of hydrogen-bond donors (Lipinski definition) is 1. The molecule has 0 bridgehead atoms. The predicted molar refractivity (Wildman–Crippen MR) is 78.2 cm³/mol. The number of benzene rings is 2. The Labute approximate surface area is 131 Å². The van der Waals surface area contributed by atoms with E-state index in [9.17, 15) is 18.0 Å². The van der Waals surface area contributed by atoms with Crippen LogP contribution in [0.5, 0.6) is 0 Å². The van der Waals surface area contributed by atoms with Crippen molar-refractivity contribution in [2.45, 2.75) is 6.18 Å². The Morgan fingerprint density at radius 2 is 1.75 bits per heavy atom. The summed E-state index contributed by atoms with van der Waals surface area (Å²) in [5.41, 5.74) is 0.542. The minimum absolute atomic E-state index is 0.133. The third-order valence-corrected chi connectivity index (χ3v) is 3.71. The molecule has 4 rings (SSSR count). The second-order valence-electron chi connectivity index (χ2n) is 5.19. The maximum Gasteiger partial charge on any atom is 0.437 e. The first kappa shape index (κ1) is 14.4. The molecule has 1 N–H and O–H groups in total. The zero-order chi connectivity index (χ0) is 16.9. The van der Waals surface area contributed by atoms with Crippen LogP contribution in [0.25, 0.3) is 27.8 Å². The summed E-state index contributed by atoms with van der Waals surface area (Å²) in [5.74, 6) is 0. The summed E-state index contributed by atoms with van der Waals surface area (Å²) < 4.78 is 44.4. The van der Waals surface area contributed by atoms with Crippen molar-refractivity contribution >= 4 is 16.6 Å². The van der Waals surface area contributed by atoms with Crippen LogP contribution in [-0.4, -0.2) is 10.3 Å². The normalized spacial score (nSPS) is 12.1. The van der Waals surface area contributed by atoms with Crippen LogP contribution in [0.2, 0.25) is 0 Å². The molecule has 0 aliphatic carbocycles. The third-order valence-electron chi connectivity index (χ3n) is 3.71. The zero-order valence-corrected chi connectivity index (χ0v) is 12.0. The Bertz CT molecular complexity index is 1110. The summed E-state index contributed by atoms with van der Waals surface area (Å²) in [6.07, 6.45) is -4.42. The first-order valence-corrected chi connectivity index (χ1v) is 6.95. The molecule has 0 saturated heterocycles.